The van der Waals surface area contributed by atoms with Crippen LogP contribution in [0.15, 0.2) is 0 Å². The molecule has 0 spiro atoms. The van der Waals surface area contributed by atoms with E-state index in [1.807, 2.05) is 6.92 Å². The van der Waals surface area contributed by atoms with E-state index in [4.69, 9.17) is 9.47 Å². The lowest BCUT2D eigenvalue weighted by Crippen LogP contribution is -2.40. The van der Waals surface area contributed by atoms with Crippen molar-refractivity contribution in [3.05, 3.63) is 0 Å². The first kappa shape index (κ1) is 12.6. The van der Waals surface area contributed by atoms with Crippen molar-refractivity contribution in [2.45, 2.75) is 26.3 Å². The van der Waals surface area contributed by atoms with Gasteiger partial charge in [0.05, 0.1) is 19.1 Å². The van der Waals surface area contributed by atoms with Gasteiger partial charge in [-0.1, -0.05) is 6.92 Å². The third kappa shape index (κ3) is 3.89. The quantitative estimate of drug-likeness (QED) is 0.676. The molecule has 1 aliphatic rings. The minimum Gasteiger partial charge on any atom is -0.379 e. The van der Waals surface area contributed by atoms with Gasteiger partial charge in [-0.25, -0.2) is 0 Å². The topological polar surface area (TPSA) is 47.6 Å². The first-order valence-corrected chi connectivity index (χ1v) is 5.71. The van der Waals surface area contributed by atoms with Crippen molar-refractivity contribution in [2.24, 2.45) is 5.92 Å². The van der Waals surface area contributed by atoms with Crippen LogP contribution in [-0.2, 0) is 14.3 Å². The first-order chi connectivity index (χ1) is 7.29. The predicted octanol–water partition coefficient (Wildman–Crippen LogP) is 0.607. The van der Waals surface area contributed by atoms with Gasteiger partial charge in [0.1, 0.15) is 6.61 Å². The molecule has 0 amide bonds. The van der Waals surface area contributed by atoms with Gasteiger partial charge in [-0.2, -0.15) is 0 Å². The number of Topliss-reactive ketones (excluding diaryl/α,β-unsaturated/α-hetero) is 1. The molecule has 1 rings (SSSR count). The summed E-state index contributed by atoms with van der Waals surface area (Å²) in [7, 11) is 0. The van der Waals surface area contributed by atoms with Crippen molar-refractivity contribution in [2.75, 3.05) is 33.0 Å². The lowest BCUT2D eigenvalue weighted by molar-refractivity contribution is -0.127. The molecule has 1 N–H and O–H groups in total. The number of nitrogens with one attached hydrogen (secondary N) is 1. The van der Waals surface area contributed by atoms with Crippen LogP contribution in [0.25, 0.3) is 0 Å². The molecule has 88 valence electrons. The van der Waals surface area contributed by atoms with E-state index in [0.29, 0.717) is 19.8 Å². The zero-order valence-electron chi connectivity index (χ0n) is 9.62. The Hall–Kier alpha value is -0.450. The number of ketones is 1. The lowest BCUT2D eigenvalue weighted by Gasteiger charge is -2.17. The minimum atomic E-state index is -0.0249. The van der Waals surface area contributed by atoms with E-state index in [0.717, 1.165) is 13.0 Å². The van der Waals surface area contributed by atoms with Crippen molar-refractivity contribution in [1.29, 1.82) is 0 Å². The van der Waals surface area contributed by atoms with Crippen LogP contribution in [0.2, 0.25) is 0 Å². The maximum atomic E-state index is 11.7. The van der Waals surface area contributed by atoms with Crippen LogP contribution in [0.5, 0.6) is 0 Å². The molecular weight excluding hydrogens is 194 g/mol. The zero-order valence-corrected chi connectivity index (χ0v) is 9.62. The molecule has 1 heterocycles. The van der Waals surface area contributed by atoms with Crippen LogP contribution in [0.4, 0.5) is 0 Å². The van der Waals surface area contributed by atoms with Gasteiger partial charge >= 0.3 is 0 Å². The highest BCUT2D eigenvalue weighted by molar-refractivity contribution is 5.83. The van der Waals surface area contributed by atoms with Gasteiger partial charge in [0, 0.05) is 12.6 Å². The van der Waals surface area contributed by atoms with Crippen molar-refractivity contribution < 1.29 is 14.3 Å². The van der Waals surface area contributed by atoms with Crippen molar-refractivity contribution in [3.63, 3.8) is 0 Å². The Morgan fingerprint density at radius 3 is 2.93 bits per heavy atom. The van der Waals surface area contributed by atoms with Crippen LogP contribution in [0.3, 0.4) is 0 Å². The molecule has 0 saturated carbocycles. The number of hydrogen-bond acceptors (Lipinski definition) is 4. The predicted molar refractivity (Wildman–Crippen MR) is 57.9 cm³/mol. The maximum absolute atomic E-state index is 11.7. The lowest BCUT2D eigenvalue weighted by atomic mass is 9.99. The molecule has 2 atom stereocenters. The standard InChI is InChI=1S/C11H21NO3/c1-3-5-12-10-7-15-6-9(10)11(13)8-14-4-2/h9-10,12H,3-8H2,1-2H3. The van der Waals surface area contributed by atoms with Crippen LogP contribution in [-0.4, -0.2) is 44.8 Å². The molecule has 0 aromatic carbocycles. The van der Waals surface area contributed by atoms with Gasteiger partial charge in [-0.15, -0.1) is 0 Å². The Balaban J connectivity index is 2.34. The second kappa shape index (κ2) is 6.93. The highest BCUT2D eigenvalue weighted by Crippen LogP contribution is 2.15. The van der Waals surface area contributed by atoms with Gasteiger partial charge in [-0.05, 0) is 19.9 Å². The number of ether oxygens (including phenoxy) is 2. The van der Waals surface area contributed by atoms with Gasteiger partial charge in [0.15, 0.2) is 5.78 Å². The molecular formula is C11H21NO3. The summed E-state index contributed by atoms with van der Waals surface area (Å²) in [5.41, 5.74) is 0. The summed E-state index contributed by atoms with van der Waals surface area (Å²) in [4.78, 5) is 11.7. The zero-order chi connectivity index (χ0) is 11.1. The molecule has 0 bridgehead atoms. The Morgan fingerprint density at radius 1 is 1.47 bits per heavy atom. The maximum Gasteiger partial charge on any atom is 0.165 e. The Kier molecular flexibility index (Phi) is 5.83. The number of carbonyl (C=O) groups is 1. The summed E-state index contributed by atoms with van der Waals surface area (Å²) in [6, 6.07) is 0.179. The highest BCUT2D eigenvalue weighted by atomic mass is 16.5. The fourth-order valence-electron chi connectivity index (χ4n) is 1.71. The molecule has 0 aromatic heterocycles. The summed E-state index contributed by atoms with van der Waals surface area (Å²) in [6.45, 7) is 6.93. The van der Waals surface area contributed by atoms with Gasteiger partial charge in [-0.3, -0.25) is 4.79 Å². The molecule has 1 aliphatic heterocycles. The summed E-state index contributed by atoms with van der Waals surface area (Å²) in [6.07, 6.45) is 1.07. The number of hydrogen-bond donors (Lipinski definition) is 1. The third-order valence-electron chi connectivity index (χ3n) is 2.60. The second-order valence-corrected chi connectivity index (χ2v) is 3.81. The monoisotopic (exact) mass is 215 g/mol. The van der Waals surface area contributed by atoms with Crippen LogP contribution in [0, 0.1) is 5.92 Å². The molecule has 1 fully saturated rings. The van der Waals surface area contributed by atoms with Crippen molar-refractivity contribution >= 4 is 5.78 Å². The first-order valence-electron chi connectivity index (χ1n) is 5.71. The normalized spacial score (nSPS) is 25.7. The van der Waals surface area contributed by atoms with Gasteiger partial charge in [0.2, 0.25) is 0 Å². The number of carbonyl (C=O) groups excluding carboxylic acids is 1. The Morgan fingerprint density at radius 2 is 2.27 bits per heavy atom. The summed E-state index contributed by atoms with van der Waals surface area (Å²) < 4.78 is 10.5. The van der Waals surface area contributed by atoms with Gasteiger partial charge in [0.25, 0.3) is 0 Å². The molecule has 0 radical (unpaired) electrons. The molecule has 4 nitrogen and oxygen atoms in total. The molecule has 15 heavy (non-hydrogen) atoms. The Labute approximate surface area is 91.3 Å². The largest absolute Gasteiger partial charge is 0.379 e. The second-order valence-electron chi connectivity index (χ2n) is 3.81. The van der Waals surface area contributed by atoms with Gasteiger partial charge < -0.3 is 14.8 Å². The average molecular weight is 215 g/mol. The smallest absolute Gasteiger partial charge is 0.165 e. The van der Waals surface area contributed by atoms with Crippen molar-refractivity contribution in [1.82, 2.24) is 5.32 Å². The molecule has 4 heteroatoms. The molecule has 2 unspecified atom stereocenters. The van der Waals surface area contributed by atoms with E-state index in [2.05, 4.69) is 12.2 Å². The van der Waals surface area contributed by atoms with Crippen LogP contribution < -0.4 is 5.32 Å². The Bertz CT molecular complexity index is 196. The minimum absolute atomic E-state index is 0.0249. The summed E-state index contributed by atoms with van der Waals surface area (Å²) in [5.74, 6) is 0.131. The molecule has 0 aromatic rings. The van der Waals surface area contributed by atoms with E-state index in [9.17, 15) is 4.79 Å². The fraction of sp³-hybridized carbons (Fsp3) is 0.909. The fourth-order valence-corrected chi connectivity index (χ4v) is 1.71. The van der Waals surface area contributed by atoms with E-state index in [1.54, 1.807) is 0 Å². The van der Waals surface area contributed by atoms with Crippen LogP contribution >= 0.6 is 0 Å². The molecule has 0 aliphatic carbocycles. The van der Waals surface area contributed by atoms with E-state index in [-0.39, 0.29) is 24.3 Å². The van der Waals surface area contributed by atoms with E-state index < -0.39 is 0 Å². The summed E-state index contributed by atoms with van der Waals surface area (Å²) in [5, 5.41) is 3.34. The highest BCUT2D eigenvalue weighted by Gasteiger charge is 2.33. The van der Waals surface area contributed by atoms with E-state index in [1.165, 1.54) is 0 Å². The summed E-state index contributed by atoms with van der Waals surface area (Å²) >= 11 is 0. The SMILES string of the molecule is CCCNC1COCC1C(=O)COCC. The molecule has 1 saturated heterocycles. The average Bonchev–Trinajstić information content (AvgIpc) is 2.71. The third-order valence-corrected chi connectivity index (χ3v) is 2.60. The van der Waals surface area contributed by atoms with E-state index >= 15 is 0 Å². The van der Waals surface area contributed by atoms with Crippen LogP contribution in [0.1, 0.15) is 20.3 Å². The van der Waals surface area contributed by atoms with Crippen molar-refractivity contribution in [3.8, 4) is 0 Å². The number of rotatable bonds is 7.